The molecule has 4 atom stereocenters. The molecule has 0 bridgehead atoms. The van der Waals surface area contributed by atoms with Gasteiger partial charge in [-0.2, -0.15) is 0 Å². The van der Waals surface area contributed by atoms with Crippen LogP contribution in [0.15, 0.2) is 358 Å². The number of hydrogen-bond acceptors (Lipinski definition) is 4. The molecule has 0 radical (unpaired) electrons. The van der Waals surface area contributed by atoms with Gasteiger partial charge in [-0.15, -0.1) is 0 Å². The van der Waals surface area contributed by atoms with Gasteiger partial charge < -0.3 is 19.3 Å². The first-order valence-electron chi connectivity index (χ1n) is 37.8. The summed E-state index contributed by atoms with van der Waals surface area (Å²) in [7, 11) is 0. The Labute approximate surface area is 658 Å². The maximum atomic E-state index is 16.5. The Morgan fingerprint density at radius 2 is 0.583 bits per heavy atom. The highest BCUT2D eigenvalue weighted by atomic mass is 19.2. The van der Waals surface area contributed by atoms with Crippen LogP contribution in [0.4, 0.5) is 69.2 Å². The summed E-state index contributed by atoms with van der Waals surface area (Å²) < 4.78 is 141. The van der Waals surface area contributed by atoms with Gasteiger partial charge in [0.05, 0.1) is 16.2 Å². The van der Waals surface area contributed by atoms with E-state index in [1.807, 2.05) is 228 Å². The molecule has 4 unspecified atom stereocenters. The summed E-state index contributed by atoms with van der Waals surface area (Å²) in [5.41, 5.74) is 16.7. The summed E-state index contributed by atoms with van der Waals surface area (Å²) in [6, 6.07) is 98.2. The first-order valence-corrected chi connectivity index (χ1v) is 37.8. The van der Waals surface area contributed by atoms with E-state index in [2.05, 4.69) is 61.7 Å². The van der Waals surface area contributed by atoms with Gasteiger partial charge in [-0.25, -0.2) is 35.1 Å². The van der Waals surface area contributed by atoms with Gasteiger partial charge in [0.25, 0.3) is 0 Å². The third kappa shape index (κ3) is 10.8. The zero-order chi connectivity index (χ0) is 78.2. The zero-order valence-corrected chi connectivity index (χ0v) is 61.3. The molecule has 15 aromatic rings. The maximum Gasteiger partial charge on any atom is 0.160 e. The van der Waals surface area contributed by atoms with Crippen molar-refractivity contribution in [1.29, 1.82) is 0 Å². The first-order chi connectivity index (χ1) is 56.1. The lowest BCUT2D eigenvalue weighted by atomic mass is 9.66. The molecule has 1 spiro atoms. The molecule has 0 heterocycles. The van der Waals surface area contributed by atoms with E-state index in [1.165, 1.54) is 36.4 Å². The Hall–Kier alpha value is -14.1. The molecule has 0 aliphatic heterocycles. The first kappa shape index (κ1) is 70.0. The molecular formula is C103H64F8N2O2. The van der Waals surface area contributed by atoms with Crippen molar-refractivity contribution in [3.8, 4) is 67.5 Å². The Kier molecular flexibility index (Phi) is 16.5. The van der Waals surface area contributed by atoms with Crippen LogP contribution in [-0.4, -0.2) is 6.17 Å². The van der Waals surface area contributed by atoms with Crippen LogP contribution in [0.25, 0.3) is 56.7 Å². The maximum absolute atomic E-state index is 16.5. The third-order valence-electron chi connectivity index (χ3n) is 23.7. The van der Waals surface area contributed by atoms with E-state index in [4.69, 9.17) is 9.47 Å². The van der Waals surface area contributed by atoms with Gasteiger partial charge in [0.2, 0.25) is 0 Å². The van der Waals surface area contributed by atoms with Gasteiger partial charge in [-0.05, 0) is 262 Å². The molecule has 12 heteroatoms. The van der Waals surface area contributed by atoms with Crippen LogP contribution in [0.2, 0.25) is 0 Å². The molecule has 554 valence electrons. The van der Waals surface area contributed by atoms with E-state index in [1.54, 1.807) is 24.3 Å². The molecule has 0 fully saturated rings. The van der Waals surface area contributed by atoms with Crippen LogP contribution in [0.5, 0.6) is 23.0 Å². The Bertz CT molecular complexity index is 6620. The second-order valence-corrected chi connectivity index (χ2v) is 29.5. The molecule has 0 amide bonds. The highest BCUT2D eigenvalue weighted by Gasteiger charge is 2.54. The van der Waals surface area contributed by atoms with Crippen molar-refractivity contribution in [3.05, 3.63) is 465 Å². The number of nitrogens with zero attached hydrogens (tertiary/aromatic N) is 2. The average molecular weight is 1510 g/mol. The van der Waals surface area contributed by atoms with Crippen LogP contribution in [0.3, 0.4) is 0 Å². The van der Waals surface area contributed by atoms with E-state index in [0.29, 0.717) is 68.0 Å². The molecule has 5 aliphatic rings. The highest BCUT2D eigenvalue weighted by molar-refractivity contribution is 5.99. The molecule has 0 saturated heterocycles. The van der Waals surface area contributed by atoms with Gasteiger partial charge in [0, 0.05) is 52.7 Å². The molecule has 4 nitrogen and oxygen atoms in total. The van der Waals surface area contributed by atoms with Crippen molar-refractivity contribution in [2.45, 2.75) is 28.8 Å². The Balaban J connectivity index is 0.775. The lowest BCUT2D eigenvalue weighted by molar-refractivity contribution is 0.323. The summed E-state index contributed by atoms with van der Waals surface area (Å²) in [5.74, 6) is -5.01. The van der Waals surface area contributed by atoms with Crippen molar-refractivity contribution >= 4 is 46.3 Å². The fourth-order valence-electron chi connectivity index (χ4n) is 18.7. The summed E-state index contributed by atoms with van der Waals surface area (Å²) in [6.45, 7) is 7.76. The average Bonchev–Trinajstić information content (AvgIpc) is 1.49. The van der Waals surface area contributed by atoms with E-state index in [-0.39, 0.29) is 17.8 Å². The zero-order valence-electron chi connectivity index (χ0n) is 61.3. The van der Waals surface area contributed by atoms with Crippen molar-refractivity contribution in [3.63, 3.8) is 0 Å². The van der Waals surface area contributed by atoms with Crippen LogP contribution in [0, 0.1) is 34.9 Å². The summed E-state index contributed by atoms with van der Waals surface area (Å²) in [5, 5.41) is 0. The van der Waals surface area contributed by atoms with E-state index >= 15 is 35.1 Å². The summed E-state index contributed by atoms with van der Waals surface area (Å²) in [6.07, 6.45) is 4.50. The van der Waals surface area contributed by atoms with Gasteiger partial charge in [-0.3, -0.25) is 0 Å². The molecule has 20 rings (SSSR count). The number of allylic oxidation sites excluding steroid dienone is 4. The molecule has 0 aromatic heterocycles. The minimum Gasteiger partial charge on any atom is -0.457 e. The number of hydrogen-bond donors (Lipinski definition) is 0. The van der Waals surface area contributed by atoms with E-state index < -0.39 is 63.1 Å². The number of ether oxygens (including phenoxy) is 2. The minimum atomic E-state index is -1.85. The van der Waals surface area contributed by atoms with Gasteiger partial charge in [-0.1, -0.05) is 207 Å². The number of benzene rings is 15. The summed E-state index contributed by atoms with van der Waals surface area (Å²) >= 11 is 0. The fourth-order valence-corrected chi connectivity index (χ4v) is 18.7. The van der Waals surface area contributed by atoms with Gasteiger partial charge >= 0.3 is 0 Å². The molecule has 15 aromatic carbocycles. The fraction of sp³-hybridized carbons (Fsp3) is 0.0485. The topological polar surface area (TPSA) is 24.9 Å². The van der Waals surface area contributed by atoms with Crippen molar-refractivity contribution in [2.24, 2.45) is 0 Å². The Morgan fingerprint density at radius 3 is 0.957 bits per heavy atom. The van der Waals surface area contributed by atoms with Crippen molar-refractivity contribution in [2.75, 3.05) is 9.80 Å². The second kappa shape index (κ2) is 27.1. The van der Waals surface area contributed by atoms with Crippen LogP contribution >= 0.6 is 0 Å². The standard InChI is InChI=1S/C103H64F8N2O2/c1-3-61-21-37-73(38-22-61)114-75-41-25-63(26-42-75)101(65-29-49-93(104)97(108)53-65)85-17-9-5-13-77(85)81-45-31-67(55-89(81)101)112(71-35-51-95(106)99(110)59-71)69-33-47-83-79-15-7-11-19-87(79)103(91(83)57-69)88-20-12-8-16-80(88)84-48-34-70(58-92(84)103)113(72-36-52-96(107)100(111)60-72)68-32-46-82-78-14-6-10-18-86(78)102(90(82)56-68,66-30-50-94(105)98(109)54-66)64-27-43-76(44-28-64)115-74-39-23-62(4-2)24-40-74/h3-49,51-60,94H,1-2,50H2. The number of anilines is 6. The Morgan fingerprint density at radius 1 is 0.287 bits per heavy atom. The van der Waals surface area contributed by atoms with Crippen molar-refractivity contribution in [1.82, 2.24) is 0 Å². The van der Waals surface area contributed by atoms with Gasteiger partial charge in [0.15, 0.2) is 41.1 Å². The van der Waals surface area contributed by atoms with Crippen molar-refractivity contribution < 1.29 is 44.6 Å². The SMILES string of the molecule is C=Cc1ccc(Oc2ccc(C3(C4=CCC(F)C(F)=C4)c4ccccc4-c4ccc(N(c5ccc(F)c(F)c5)c5ccc6c(c5)C5(c7ccccc7-6)c6ccccc6-c6ccc(N(c7ccc(F)c(F)c7)c7ccc8c(c7)C(c7ccc(Oc9ccc(C=C)cc9)cc7)(c7ccc(F)c(F)c7)c7ccccc7-8)cc65)cc43)cc2)cc1. The molecule has 5 aliphatic carbocycles. The number of fused-ring (bicyclic) bond motifs is 16. The van der Waals surface area contributed by atoms with Gasteiger partial charge in [0.1, 0.15) is 28.8 Å². The number of halogens is 8. The largest absolute Gasteiger partial charge is 0.457 e. The minimum absolute atomic E-state index is 0.220. The van der Waals surface area contributed by atoms with Crippen LogP contribution < -0.4 is 19.3 Å². The second-order valence-electron chi connectivity index (χ2n) is 29.5. The molecule has 115 heavy (non-hydrogen) atoms. The lowest BCUT2D eigenvalue weighted by Gasteiger charge is -2.37. The monoisotopic (exact) mass is 1510 g/mol. The quantitative estimate of drug-likeness (QED) is 0.0900. The van der Waals surface area contributed by atoms with E-state index in [0.717, 1.165) is 118 Å². The summed E-state index contributed by atoms with van der Waals surface area (Å²) in [4.78, 5) is 3.78. The smallest absolute Gasteiger partial charge is 0.160 e. The highest BCUT2D eigenvalue weighted by Crippen LogP contribution is 2.66. The third-order valence-corrected chi connectivity index (χ3v) is 23.7. The predicted octanol–water partition coefficient (Wildman–Crippen LogP) is 27.9. The molecule has 0 N–H and O–H groups in total. The predicted molar refractivity (Wildman–Crippen MR) is 441 cm³/mol. The molecule has 0 saturated carbocycles. The normalized spacial score (nSPS) is 17.4. The number of alkyl halides is 1. The van der Waals surface area contributed by atoms with Crippen LogP contribution in [0.1, 0.15) is 78.7 Å². The van der Waals surface area contributed by atoms with E-state index in [9.17, 15) is 0 Å². The number of rotatable bonds is 16. The van der Waals surface area contributed by atoms with Crippen LogP contribution in [-0.2, 0) is 16.2 Å². The molecular weight excluding hydrogens is 1450 g/mol. The lowest BCUT2D eigenvalue weighted by Crippen LogP contribution is -2.31.